The van der Waals surface area contributed by atoms with E-state index in [0.717, 1.165) is 0 Å². The van der Waals surface area contributed by atoms with Crippen LogP contribution in [0.1, 0.15) is 5.48 Å². The molecule has 2 rings (SSSR count). The summed E-state index contributed by atoms with van der Waals surface area (Å²) >= 11 is 0. The van der Waals surface area contributed by atoms with Gasteiger partial charge in [-0.25, -0.2) is 0 Å². The first-order valence-corrected chi connectivity index (χ1v) is 4.08. The Labute approximate surface area is 91.7 Å². The largest absolute Gasteiger partial charge is 0.399 e. The van der Waals surface area contributed by atoms with Crippen LogP contribution in [0.15, 0.2) is 48.4 Å². The lowest BCUT2D eigenvalue weighted by atomic mass is 10.1. The molecule has 0 bridgehead atoms. The maximum absolute atomic E-state index is 7.94. The number of hydrogen-bond acceptors (Lipinski definition) is 2. The van der Waals surface area contributed by atoms with E-state index in [1.807, 2.05) is 0 Å². The number of hydrogen-bond donors (Lipinski definition) is 2. The summed E-state index contributed by atoms with van der Waals surface area (Å²) in [6.07, 6.45) is 0. The summed E-state index contributed by atoms with van der Waals surface area (Å²) in [5, 5.41) is 0. The second-order valence-electron chi connectivity index (χ2n) is 2.85. The Hall–Kier alpha value is -1.96. The molecule has 0 aliphatic rings. The van der Waals surface area contributed by atoms with Crippen molar-refractivity contribution in [3.8, 4) is 11.1 Å². The highest BCUT2D eigenvalue weighted by Gasteiger charge is 1.95. The molecule has 0 aromatic heterocycles. The molecule has 2 aromatic carbocycles. The van der Waals surface area contributed by atoms with Crippen molar-refractivity contribution >= 4 is 11.4 Å². The zero-order chi connectivity index (χ0) is 15.0. The van der Waals surface area contributed by atoms with Gasteiger partial charge in [-0.15, -0.1) is 0 Å². The van der Waals surface area contributed by atoms with Crippen LogP contribution in [0.25, 0.3) is 11.1 Å². The summed E-state index contributed by atoms with van der Waals surface area (Å²) < 4.78 is 45.8. The van der Waals surface area contributed by atoms with Gasteiger partial charge in [0.25, 0.3) is 0 Å². The first kappa shape index (κ1) is 4.05. The van der Waals surface area contributed by atoms with Crippen LogP contribution in [-0.4, -0.2) is 0 Å². The molecule has 4 N–H and O–H groups in total. The molecule has 0 radical (unpaired) electrons. The van der Waals surface area contributed by atoms with Crippen LogP contribution in [-0.2, 0) is 0 Å². The van der Waals surface area contributed by atoms with E-state index in [0.29, 0.717) is 11.3 Å². The van der Waals surface area contributed by atoms with Crippen molar-refractivity contribution in [3.05, 3.63) is 48.4 Å². The second kappa shape index (κ2) is 3.42. The molecule has 2 aromatic rings. The first-order chi connectivity index (χ1) is 9.34. The van der Waals surface area contributed by atoms with E-state index < -0.39 is 12.1 Å². The fraction of sp³-hybridized carbons (Fsp3) is 0. The summed E-state index contributed by atoms with van der Waals surface area (Å²) in [5.74, 6) is 0. The van der Waals surface area contributed by atoms with E-state index in [2.05, 4.69) is 0 Å². The fourth-order valence-corrected chi connectivity index (χ4v) is 1.10. The van der Waals surface area contributed by atoms with Crippen LogP contribution in [0.2, 0.25) is 2.82 Å². The Kier molecular flexibility index (Phi) is 0.989. The van der Waals surface area contributed by atoms with Crippen LogP contribution in [0.4, 0.5) is 11.4 Å². The van der Waals surface area contributed by atoms with Gasteiger partial charge in [0.15, 0.2) is 2.82 Å². The van der Waals surface area contributed by atoms with Gasteiger partial charge in [-0.3, -0.25) is 0 Å². The van der Waals surface area contributed by atoms with Crippen molar-refractivity contribution in [2.75, 3.05) is 11.5 Å². The van der Waals surface area contributed by atoms with Gasteiger partial charge in [0.1, 0.15) is 0 Å². The van der Waals surface area contributed by atoms with E-state index in [1.54, 1.807) is 24.3 Å². The van der Waals surface area contributed by atoms with Crippen LogP contribution in [0, 0.1) is 0 Å². The SMILES string of the molecule is [2H]c1c([2H])c(N([2H])[2H])c([2H])c([2H])c1-c1ccc(N)cc1. The summed E-state index contributed by atoms with van der Waals surface area (Å²) in [7, 11) is 0. The minimum atomic E-state index is -0.414. The van der Waals surface area contributed by atoms with Crippen LogP contribution in [0.5, 0.6) is 0 Å². The molecule has 70 valence electrons. The van der Waals surface area contributed by atoms with Gasteiger partial charge < -0.3 is 11.5 Å². The summed E-state index contributed by atoms with van der Waals surface area (Å²) in [6.45, 7) is 0. The molecule has 0 heterocycles. The maximum atomic E-state index is 7.94. The van der Waals surface area contributed by atoms with Gasteiger partial charge >= 0.3 is 0 Å². The molecule has 2 nitrogen and oxygen atoms in total. The zero-order valence-corrected chi connectivity index (χ0v) is 7.33. The fourth-order valence-electron chi connectivity index (χ4n) is 1.10. The highest BCUT2D eigenvalue weighted by molar-refractivity contribution is 5.67. The molecule has 0 atom stereocenters. The van der Waals surface area contributed by atoms with Gasteiger partial charge in [0.2, 0.25) is 0 Å². The van der Waals surface area contributed by atoms with Gasteiger partial charge in [-0.05, 0) is 35.3 Å². The third kappa shape index (κ3) is 1.69. The predicted molar refractivity (Wildman–Crippen MR) is 60.7 cm³/mol. The van der Waals surface area contributed by atoms with Crippen molar-refractivity contribution in [1.29, 1.82) is 0 Å². The minimum absolute atomic E-state index is 0.0908. The average molecular weight is 190 g/mol. The van der Waals surface area contributed by atoms with Gasteiger partial charge in [-0.2, -0.15) is 0 Å². The quantitative estimate of drug-likeness (QED) is 0.715. The molecule has 0 aliphatic carbocycles. The molecule has 0 amide bonds. The Morgan fingerprint density at radius 2 is 1.50 bits per heavy atom. The molecule has 0 spiro atoms. The lowest BCUT2D eigenvalue weighted by molar-refractivity contribution is 1.61. The maximum Gasteiger partial charge on any atom is 0.156 e. The standard InChI is InChI=1S/C12H12N2/c13-11-5-1-9(2-6-11)10-3-7-12(14)8-4-10/h1-8H,13-14H2/i1D,2D,5D,6D/hD2. The van der Waals surface area contributed by atoms with Crippen LogP contribution >= 0.6 is 0 Å². The summed E-state index contributed by atoms with van der Waals surface area (Å²) in [6, 6.07) is 5.04. The van der Waals surface area contributed by atoms with Crippen molar-refractivity contribution < 1.29 is 8.31 Å². The van der Waals surface area contributed by atoms with Crippen molar-refractivity contribution in [2.24, 2.45) is 0 Å². The molecular weight excluding hydrogens is 172 g/mol. The van der Waals surface area contributed by atoms with E-state index in [-0.39, 0.29) is 29.1 Å². The normalized spacial score (nSPS) is 15.7. The third-order valence-corrected chi connectivity index (χ3v) is 1.81. The number of nitrogen functional groups attached to an aromatic ring is 2. The van der Waals surface area contributed by atoms with Gasteiger partial charge in [0.05, 0.1) is 5.48 Å². The van der Waals surface area contributed by atoms with Gasteiger partial charge in [-0.1, -0.05) is 24.2 Å². The number of rotatable bonds is 2. The average Bonchev–Trinajstić information content (AvgIpc) is 2.39. The third-order valence-electron chi connectivity index (χ3n) is 1.81. The highest BCUT2D eigenvalue weighted by Crippen LogP contribution is 2.21. The molecule has 14 heavy (non-hydrogen) atoms. The number of anilines is 2. The molecule has 0 unspecified atom stereocenters. The Balaban J connectivity index is 2.75. The minimum Gasteiger partial charge on any atom is -0.399 e. The first-order valence-electron chi connectivity index (χ1n) is 6.98. The van der Waals surface area contributed by atoms with E-state index in [4.69, 9.17) is 14.0 Å². The topological polar surface area (TPSA) is 52.0 Å². The Morgan fingerprint density at radius 1 is 0.857 bits per heavy atom. The van der Waals surface area contributed by atoms with Gasteiger partial charge in [0, 0.05) is 11.4 Å². The second-order valence-corrected chi connectivity index (χ2v) is 2.85. The molecule has 0 saturated heterocycles. The highest BCUT2D eigenvalue weighted by atomic mass is 14.5. The smallest absolute Gasteiger partial charge is 0.156 e. The lowest BCUT2D eigenvalue weighted by Crippen LogP contribution is -1.85. The van der Waals surface area contributed by atoms with Crippen LogP contribution in [0.3, 0.4) is 0 Å². The van der Waals surface area contributed by atoms with Crippen LogP contribution < -0.4 is 11.5 Å². The van der Waals surface area contributed by atoms with Crippen molar-refractivity contribution in [3.63, 3.8) is 0 Å². The Bertz CT molecular complexity index is 625. The molecular formula is C12H12N2. The molecule has 0 fully saturated rings. The van der Waals surface area contributed by atoms with Crippen molar-refractivity contribution in [1.82, 2.24) is 0 Å². The summed E-state index contributed by atoms with van der Waals surface area (Å²) in [5.41, 5.74) is 6.46. The number of nitrogens with two attached hydrogens (primary N) is 2. The number of benzene rings is 2. The van der Waals surface area contributed by atoms with E-state index in [9.17, 15) is 0 Å². The Morgan fingerprint density at radius 3 is 2.07 bits per heavy atom. The summed E-state index contributed by atoms with van der Waals surface area (Å²) in [4.78, 5) is 0. The molecule has 2 heteroatoms. The predicted octanol–water partition coefficient (Wildman–Crippen LogP) is 2.52. The lowest BCUT2D eigenvalue weighted by Gasteiger charge is -2.02. The molecule has 0 aliphatic heterocycles. The zero-order valence-electron chi connectivity index (χ0n) is 13.3. The van der Waals surface area contributed by atoms with E-state index >= 15 is 0 Å². The monoisotopic (exact) mass is 190 g/mol. The molecule has 0 saturated carbocycles. The van der Waals surface area contributed by atoms with Crippen molar-refractivity contribution in [2.45, 2.75) is 0 Å². The van der Waals surface area contributed by atoms with E-state index in [1.165, 1.54) is 0 Å².